The van der Waals surface area contributed by atoms with Gasteiger partial charge in [0.2, 0.25) is 0 Å². The molecule has 1 N–H and O–H groups in total. The maximum atomic E-state index is 13.1. The van der Waals surface area contributed by atoms with E-state index in [9.17, 15) is 14.7 Å². The summed E-state index contributed by atoms with van der Waals surface area (Å²) in [5, 5.41) is 15.1. The number of benzene rings is 2. The third-order valence-electron chi connectivity index (χ3n) is 5.32. The van der Waals surface area contributed by atoms with Gasteiger partial charge in [0.1, 0.15) is 23.0 Å². The third-order valence-corrected chi connectivity index (χ3v) is 5.32. The molecule has 1 aliphatic rings. The van der Waals surface area contributed by atoms with Gasteiger partial charge in [0.05, 0.1) is 25.3 Å². The molecule has 1 aliphatic heterocycles. The summed E-state index contributed by atoms with van der Waals surface area (Å²) in [6, 6.07) is 14.4. The van der Waals surface area contributed by atoms with Crippen molar-refractivity contribution in [1.82, 2.24) is 5.16 Å². The summed E-state index contributed by atoms with van der Waals surface area (Å²) in [5.41, 5.74) is 0.927. The van der Waals surface area contributed by atoms with Gasteiger partial charge in [-0.25, -0.2) is 0 Å². The molecule has 1 saturated heterocycles. The Morgan fingerprint density at radius 3 is 2.52 bits per heavy atom. The van der Waals surface area contributed by atoms with E-state index in [2.05, 4.69) is 5.16 Å². The van der Waals surface area contributed by atoms with E-state index in [4.69, 9.17) is 14.0 Å². The standard InChI is InChI=1S/C25H24N2O6/c1-4-12-32-18-10-8-16(9-11-18)22-21(23(28)17-6-5-7-19(14-17)31-3)24(29)25(30)27(22)20-13-15(2)33-26-20/h5-11,13-14,22,28H,4,12H2,1-3H3. The summed E-state index contributed by atoms with van der Waals surface area (Å²) in [6.45, 7) is 4.28. The lowest BCUT2D eigenvalue weighted by atomic mass is 9.95. The normalized spacial score (nSPS) is 17.4. The van der Waals surface area contributed by atoms with E-state index in [1.54, 1.807) is 61.5 Å². The fourth-order valence-corrected chi connectivity index (χ4v) is 3.74. The average Bonchev–Trinajstić information content (AvgIpc) is 3.38. The van der Waals surface area contributed by atoms with Gasteiger partial charge in [0.15, 0.2) is 5.82 Å². The highest BCUT2D eigenvalue weighted by Gasteiger charge is 2.48. The first kappa shape index (κ1) is 22.1. The minimum absolute atomic E-state index is 0.0452. The first-order valence-corrected chi connectivity index (χ1v) is 10.6. The van der Waals surface area contributed by atoms with Gasteiger partial charge in [0, 0.05) is 11.6 Å². The predicted molar refractivity (Wildman–Crippen MR) is 121 cm³/mol. The molecule has 4 rings (SSSR count). The van der Waals surface area contributed by atoms with Gasteiger partial charge in [-0.15, -0.1) is 0 Å². The van der Waals surface area contributed by atoms with Crippen LogP contribution in [-0.4, -0.2) is 35.7 Å². The molecule has 2 heterocycles. The van der Waals surface area contributed by atoms with Crippen LogP contribution in [0.5, 0.6) is 11.5 Å². The number of aryl methyl sites for hydroxylation is 1. The van der Waals surface area contributed by atoms with Crippen molar-refractivity contribution < 1.29 is 28.7 Å². The van der Waals surface area contributed by atoms with Gasteiger partial charge in [-0.3, -0.25) is 14.5 Å². The second-order valence-corrected chi connectivity index (χ2v) is 7.61. The molecule has 8 heteroatoms. The fourth-order valence-electron chi connectivity index (χ4n) is 3.74. The highest BCUT2D eigenvalue weighted by atomic mass is 16.5. The quantitative estimate of drug-likeness (QED) is 0.325. The van der Waals surface area contributed by atoms with E-state index in [-0.39, 0.29) is 17.2 Å². The van der Waals surface area contributed by atoms with Crippen molar-refractivity contribution in [3.05, 3.63) is 77.1 Å². The number of ketones is 1. The Kier molecular flexibility index (Phi) is 6.17. The van der Waals surface area contributed by atoms with Gasteiger partial charge in [-0.2, -0.15) is 0 Å². The van der Waals surface area contributed by atoms with Crippen LogP contribution in [0, 0.1) is 6.92 Å². The molecule has 0 saturated carbocycles. The molecular formula is C25H24N2O6. The van der Waals surface area contributed by atoms with Crippen LogP contribution in [0.1, 0.15) is 36.3 Å². The number of anilines is 1. The maximum Gasteiger partial charge on any atom is 0.301 e. The summed E-state index contributed by atoms with van der Waals surface area (Å²) < 4.78 is 16.0. The zero-order valence-electron chi connectivity index (χ0n) is 18.6. The summed E-state index contributed by atoms with van der Waals surface area (Å²) in [4.78, 5) is 27.5. The lowest BCUT2D eigenvalue weighted by molar-refractivity contribution is -0.132. The number of aliphatic hydroxyl groups excluding tert-OH is 1. The fraction of sp³-hybridized carbons (Fsp3) is 0.240. The maximum absolute atomic E-state index is 13.1. The van der Waals surface area contributed by atoms with Crippen molar-refractivity contribution in [1.29, 1.82) is 0 Å². The zero-order valence-corrected chi connectivity index (χ0v) is 18.6. The van der Waals surface area contributed by atoms with Crippen molar-refractivity contribution in [3.8, 4) is 11.5 Å². The summed E-state index contributed by atoms with van der Waals surface area (Å²) in [6.07, 6.45) is 0.869. The Labute approximate surface area is 191 Å². The Balaban J connectivity index is 1.86. The summed E-state index contributed by atoms with van der Waals surface area (Å²) in [7, 11) is 1.51. The van der Waals surface area contributed by atoms with E-state index >= 15 is 0 Å². The van der Waals surface area contributed by atoms with E-state index in [1.807, 2.05) is 6.92 Å². The Hall–Kier alpha value is -4.07. The average molecular weight is 448 g/mol. The number of hydrogen-bond acceptors (Lipinski definition) is 7. The number of ether oxygens (including phenoxy) is 2. The number of hydrogen-bond donors (Lipinski definition) is 1. The van der Waals surface area contributed by atoms with Gasteiger partial charge in [0.25, 0.3) is 5.78 Å². The number of carbonyl (C=O) groups excluding carboxylic acids is 2. The van der Waals surface area contributed by atoms with Crippen LogP contribution in [0.15, 0.2) is 64.7 Å². The first-order chi connectivity index (χ1) is 15.9. The van der Waals surface area contributed by atoms with Gasteiger partial charge < -0.3 is 19.1 Å². The SMILES string of the molecule is CCCOc1ccc(C2C(=C(O)c3cccc(OC)c3)C(=O)C(=O)N2c2cc(C)on2)cc1. The molecule has 1 fully saturated rings. The molecule has 170 valence electrons. The first-order valence-electron chi connectivity index (χ1n) is 10.6. The van der Waals surface area contributed by atoms with Crippen molar-refractivity contribution in [3.63, 3.8) is 0 Å². The molecule has 0 aliphatic carbocycles. The summed E-state index contributed by atoms with van der Waals surface area (Å²) >= 11 is 0. The highest BCUT2D eigenvalue weighted by Crippen LogP contribution is 2.42. The number of Topliss-reactive ketones (excluding diaryl/α,β-unsaturated/α-hetero) is 1. The zero-order chi connectivity index (χ0) is 23.5. The second-order valence-electron chi connectivity index (χ2n) is 7.61. The van der Waals surface area contributed by atoms with Crippen LogP contribution >= 0.6 is 0 Å². The van der Waals surface area contributed by atoms with Crippen LogP contribution < -0.4 is 14.4 Å². The largest absolute Gasteiger partial charge is 0.507 e. The number of rotatable bonds is 7. The molecule has 8 nitrogen and oxygen atoms in total. The Morgan fingerprint density at radius 1 is 1.12 bits per heavy atom. The van der Waals surface area contributed by atoms with E-state index in [1.165, 1.54) is 12.0 Å². The predicted octanol–water partition coefficient (Wildman–Crippen LogP) is 4.41. The van der Waals surface area contributed by atoms with Crippen molar-refractivity contribution in [2.75, 3.05) is 18.6 Å². The molecule has 3 aromatic rings. The third kappa shape index (κ3) is 4.19. The monoisotopic (exact) mass is 448 g/mol. The molecule has 33 heavy (non-hydrogen) atoms. The van der Waals surface area contributed by atoms with Crippen LogP contribution in [0.25, 0.3) is 5.76 Å². The van der Waals surface area contributed by atoms with E-state index in [0.29, 0.717) is 35.0 Å². The van der Waals surface area contributed by atoms with E-state index in [0.717, 1.165) is 6.42 Å². The number of nitrogens with zero attached hydrogens (tertiary/aromatic N) is 2. The van der Waals surface area contributed by atoms with Crippen molar-refractivity contribution in [2.45, 2.75) is 26.3 Å². The number of aliphatic hydroxyl groups is 1. The highest BCUT2D eigenvalue weighted by molar-refractivity contribution is 6.51. The molecule has 0 radical (unpaired) electrons. The number of methoxy groups -OCH3 is 1. The van der Waals surface area contributed by atoms with Crippen LogP contribution in [0.3, 0.4) is 0 Å². The molecular weight excluding hydrogens is 424 g/mol. The van der Waals surface area contributed by atoms with Gasteiger partial charge in [-0.05, 0) is 43.2 Å². The molecule has 0 bridgehead atoms. The summed E-state index contributed by atoms with van der Waals surface area (Å²) in [5.74, 6) is -0.0583. The molecule has 1 amide bonds. The van der Waals surface area contributed by atoms with Crippen molar-refractivity contribution >= 4 is 23.3 Å². The Morgan fingerprint density at radius 2 is 1.88 bits per heavy atom. The van der Waals surface area contributed by atoms with E-state index < -0.39 is 17.7 Å². The Bertz CT molecular complexity index is 1210. The van der Waals surface area contributed by atoms with Gasteiger partial charge in [-0.1, -0.05) is 36.3 Å². The molecule has 1 atom stereocenters. The number of carbonyl (C=O) groups is 2. The topological polar surface area (TPSA) is 102 Å². The van der Waals surface area contributed by atoms with Gasteiger partial charge >= 0.3 is 5.91 Å². The number of amides is 1. The molecule has 1 unspecified atom stereocenters. The molecule has 1 aromatic heterocycles. The minimum Gasteiger partial charge on any atom is -0.507 e. The minimum atomic E-state index is -0.902. The van der Waals surface area contributed by atoms with Crippen LogP contribution in [0.2, 0.25) is 0 Å². The van der Waals surface area contributed by atoms with Crippen LogP contribution in [-0.2, 0) is 9.59 Å². The lowest BCUT2D eigenvalue weighted by Gasteiger charge is -2.23. The smallest absolute Gasteiger partial charge is 0.301 e. The molecule has 0 spiro atoms. The lowest BCUT2D eigenvalue weighted by Crippen LogP contribution is -2.29. The molecule has 2 aromatic carbocycles. The van der Waals surface area contributed by atoms with Crippen molar-refractivity contribution in [2.24, 2.45) is 0 Å². The number of aromatic nitrogens is 1. The second kappa shape index (κ2) is 9.20. The van der Waals surface area contributed by atoms with Crippen LogP contribution in [0.4, 0.5) is 5.82 Å².